The number of rotatable bonds is 7. The van der Waals surface area contributed by atoms with Crippen molar-refractivity contribution in [3.05, 3.63) is 35.7 Å². The van der Waals surface area contributed by atoms with Gasteiger partial charge in [0.15, 0.2) is 0 Å². The van der Waals surface area contributed by atoms with Gasteiger partial charge in [-0.05, 0) is 18.4 Å². The van der Waals surface area contributed by atoms with Crippen molar-refractivity contribution in [3.63, 3.8) is 0 Å². The van der Waals surface area contributed by atoms with Crippen LogP contribution in [0.4, 0.5) is 13.2 Å². The zero-order valence-corrected chi connectivity index (χ0v) is 14.8. The highest BCUT2D eigenvalue weighted by molar-refractivity contribution is 5.79. The van der Waals surface area contributed by atoms with Gasteiger partial charge in [-0.25, -0.2) is 0 Å². The van der Waals surface area contributed by atoms with Crippen molar-refractivity contribution in [2.45, 2.75) is 32.0 Å². The molecule has 1 aliphatic rings. The van der Waals surface area contributed by atoms with Crippen molar-refractivity contribution < 1.29 is 27.2 Å². The van der Waals surface area contributed by atoms with Crippen LogP contribution in [0.3, 0.4) is 0 Å². The molecule has 0 bridgehead atoms. The van der Waals surface area contributed by atoms with E-state index in [1.54, 1.807) is 36.3 Å². The number of benzene rings is 1. The van der Waals surface area contributed by atoms with E-state index in [1.807, 2.05) is 0 Å². The molecule has 6 nitrogen and oxygen atoms in total. The largest absolute Gasteiger partial charge is 0.471 e. The van der Waals surface area contributed by atoms with Crippen LogP contribution in [-0.2, 0) is 22.3 Å². The van der Waals surface area contributed by atoms with E-state index in [0.29, 0.717) is 25.3 Å². The van der Waals surface area contributed by atoms with Gasteiger partial charge in [0.25, 0.3) is 0 Å². The Labute approximate surface area is 154 Å². The van der Waals surface area contributed by atoms with Crippen molar-refractivity contribution in [2.24, 2.45) is 5.92 Å². The number of methoxy groups -OCH3 is 1. The Bertz CT molecular complexity index is 770. The minimum Gasteiger partial charge on any atom is -0.383 e. The Morgan fingerprint density at radius 1 is 1.30 bits per heavy atom. The Morgan fingerprint density at radius 3 is 2.52 bits per heavy atom. The van der Waals surface area contributed by atoms with E-state index >= 15 is 0 Å². The highest BCUT2D eigenvalue weighted by atomic mass is 19.4. The number of ether oxygens (including phenoxy) is 1. The molecule has 1 heterocycles. The third-order valence-electron chi connectivity index (χ3n) is 4.59. The van der Waals surface area contributed by atoms with Crippen LogP contribution >= 0.6 is 0 Å². The SMILES string of the molecule is COCCN(Cc1ccc(-c2noc(C(F)(F)F)n2)cc1)C(=O)C1CCC1. The van der Waals surface area contributed by atoms with Gasteiger partial charge >= 0.3 is 12.1 Å². The smallest absolute Gasteiger partial charge is 0.383 e. The van der Waals surface area contributed by atoms with Crippen LogP contribution < -0.4 is 0 Å². The summed E-state index contributed by atoms with van der Waals surface area (Å²) in [6.45, 7) is 1.35. The van der Waals surface area contributed by atoms with Gasteiger partial charge in [0.1, 0.15) is 0 Å². The molecular formula is C18H20F3N3O3. The van der Waals surface area contributed by atoms with E-state index in [0.717, 1.165) is 24.8 Å². The van der Waals surface area contributed by atoms with Crippen LogP contribution in [0.15, 0.2) is 28.8 Å². The number of carbonyl (C=O) groups excluding carboxylic acids is 1. The molecule has 1 amide bonds. The van der Waals surface area contributed by atoms with Gasteiger partial charge in [-0.15, -0.1) is 0 Å². The van der Waals surface area contributed by atoms with Crippen molar-refractivity contribution >= 4 is 5.91 Å². The molecule has 1 aliphatic carbocycles. The molecule has 0 aliphatic heterocycles. The first-order chi connectivity index (χ1) is 12.9. The predicted octanol–water partition coefficient (Wildman–Crippen LogP) is 3.53. The molecule has 0 N–H and O–H groups in total. The van der Waals surface area contributed by atoms with Crippen LogP contribution in [-0.4, -0.2) is 41.2 Å². The van der Waals surface area contributed by atoms with Crippen molar-refractivity contribution in [1.29, 1.82) is 0 Å². The van der Waals surface area contributed by atoms with Gasteiger partial charge in [-0.3, -0.25) is 4.79 Å². The minimum atomic E-state index is -4.67. The van der Waals surface area contributed by atoms with E-state index in [2.05, 4.69) is 14.7 Å². The quantitative estimate of drug-likeness (QED) is 0.732. The molecular weight excluding hydrogens is 363 g/mol. The lowest BCUT2D eigenvalue weighted by Gasteiger charge is -2.31. The summed E-state index contributed by atoms with van der Waals surface area (Å²) in [4.78, 5) is 17.7. The Balaban J connectivity index is 1.69. The van der Waals surface area contributed by atoms with Crippen LogP contribution in [0.1, 0.15) is 30.7 Å². The third kappa shape index (κ3) is 4.65. The van der Waals surface area contributed by atoms with E-state index < -0.39 is 12.1 Å². The Kier molecular flexibility index (Phi) is 5.79. The van der Waals surface area contributed by atoms with Gasteiger partial charge in [0.05, 0.1) is 6.61 Å². The molecule has 146 valence electrons. The number of halogens is 3. The van der Waals surface area contributed by atoms with E-state index in [-0.39, 0.29) is 17.6 Å². The summed E-state index contributed by atoms with van der Waals surface area (Å²) < 4.78 is 47.0. The highest BCUT2D eigenvalue weighted by Crippen LogP contribution is 2.30. The zero-order valence-electron chi connectivity index (χ0n) is 14.8. The second-order valence-corrected chi connectivity index (χ2v) is 6.50. The molecule has 1 aromatic carbocycles. The van der Waals surface area contributed by atoms with Crippen LogP contribution in [0.5, 0.6) is 0 Å². The number of hydrogen-bond donors (Lipinski definition) is 0. The number of aromatic nitrogens is 2. The maximum Gasteiger partial charge on any atom is 0.471 e. The second-order valence-electron chi connectivity index (χ2n) is 6.50. The molecule has 1 fully saturated rings. The summed E-state index contributed by atoms with van der Waals surface area (Å²) in [5.74, 6) is -1.30. The number of amides is 1. The first-order valence-corrected chi connectivity index (χ1v) is 8.66. The van der Waals surface area contributed by atoms with E-state index in [4.69, 9.17) is 4.74 Å². The van der Waals surface area contributed by atoms with E-state index in [9.17, 15) is 18.0 Å². The lowest BCUT2D eigenvalue weighted by atomic mass is 9.84. The second kappa shape index (κ2) is 8.08. The molecule has 0 spiro atoms. The van der Waals surface area contributed by atoms with Crippen molar-refractivity contribution in [2.75, 3.05) is 20.3 Å². The first kappa shape index (κ1) is 19.3. The topological polar surface area (TPSA) is 68.5 Å². The van der Waals surface area contributed by atoms with Crippen molar-refractivity contribution in [3.8, 4) is 11.4 Å². The monoisotopic (exact) mass is 383 g/mol. The lowest BCUT2D eigenvalue weighted by molar-refractivity contribution is -0.159. The molecule has 27 heavy (non-hydrogen) atoms. The predicted molar refractivity (Wildman–Crippen MR) is 89.4 cm³/mol. The number of nitrogens with zero attached hydrogens (tertiary/aromatic N) is 3. The van der Waals surface area contributed by atoms with E-state index in [1.165, 1.54) is 0 Å². The minimum absolute atomic E-state index is 0.0845. The standard InChI is InChI=1S/C18H20F3N3O3/c1-26-10-9-24(16(25)14-3-2-4-14)11-12-5-7-13(8-6-12)15-22-17(27-23-15)18(19,20)21/h5-8,14H,2-4,9-11H2,1H3. The number of alkyl halides is 3. The van der Waals surface area contributed by atoms with Crippen LogP contribution in [0.2, 0.25) is 0 Å². The number of carbonyl (C=O) groups is 1. The lowest BCUT2D eigenvalue weighted by Crippen LogP contribution is -2.40. The van der Waals surface area contributed by atoms with Gasteiger partial charge in [-0.2, -0.15) is 18.2 Å². The van der Waals surface area contributed by atoms with Gasteiger partial charge in [0.2, 0.25) is 11.7 Å². The average Bonchev–Trinajstić information content (AvgIpc) is 3.08. The van der Waals surface area contributed by atoms with Gasteiger partial charge < -0.3 is 14.2 Å². The molecule has 3 rings (SSSR count). The average molecular weight is 383 g/mol. The third-order valence-corrected chi connectivity index (χ3v) is 4.59. The maximum absolute atomic E-state index is 12.6. The zero-order chi connectivity index (χ0) is 19.4. The summed E-state index contributed by atoms with van der Waals surface area (Å²) in [7, 11) is 1.58. The molecule has 0 saturated heterocycles. The molecule has 1 saturated carbocycles. The van der Waals surface area contributed by atoms with Gasteiger partial charge in [0, 0.05) is 31.7 Å². The number of hydrogen-bond acceptors (Lipinski definition) is 5. The molecule has 0 atom stereocenters. The summed E-state index contributed by atoms with van der Waals surface area (Å²) in [5.41, 5.74) is 1.27. The fourth-order valence-corrected chi connectivity index (χ4v) is 2.82. The highest BCUT2D eigenvalue weighted by Gasteiger charge is 2.38. The fraction of sp³-hybridized carbons (Fsp3) is 0.500. The maximum atomic E-state index is 12.6. The Hall–Kier alpha value is -2.42. The summed E-state index contributed by atoms with van der Waals surface area (Å²) in [6, 6.07) is 6.71. The fourth-order valence-electron chi connectivity index (χ4n) is 2.82. The molecule has 1 aromatic heterocycles. The summed E-state index contributed by atoms with van der Waals surface area (Å²) >= 11 is 0. The van der Waals surface area contributed by atoms with Gasteiger partial charge in [-0.1, -0.05) is 35.8 Å². The summed E-state index contributed by atoms with van der Waals surface area (Å²) in [5, 5.41) is 3.37. The molecule has 0 radical (unpaired) electrons. The molecule has 0 unspecified atom stereocenters. The Morgan fingerprint density at radius 2 is 2.00 bits per heavy atom. The van der Waals surface area contributed by atoms with Crippen molar-refractivity contribution in [1.82, 2.24) is 15.0 Å². The molecule has 9 heteroatoms. The van der Waals surface area contributed by atoms with Crippen LogP contribution in [0, 0.1) is 5.92 Å². The molecule has 2 aromatic rings. The van der Waals surface area contributed by atoms with Crippen LogP contribution in [0.25, 0.3) is 11.4 Å². The summed E-state index contributed by atoms with van der Waals surface area (Å²) in [6.07, 6.45) is -1.76. The first-order valence-electron chi connectivity index (χ1n) is 8.66. The normalized spacial score (nSPS) is 14.8.